The number of carbonyl (C=O) groups is 2. The zero-order valence-electron chi connectivity index (χ0n) is 16.7. The summed E-state index contributed by atoms with van der Waals surface area (Å²) in [6, 6.07) is 2.99. The Kier molecular flexibility index (Phi) is 4.93. The predicted octanol–water partition coefficient (Wildman–Crippen LogP) is -1.50. The molecule has 0 radical (unpaired) electrons. The average molecular weight is 434 g/mol. The molecule has 0 saturated carbocycles. The summed E-state index contributed by atoms with van der Waals surface area (Å²) in [5.41, 5.74) is -3.91. The summed E-state index contributed by atoms with van der Waals surface area (Å²) in [6.07, 6.45) is -0.711. The molecule has 2 heterocycles. The summed E-state index contributed by atoms with van der Waals surface area (Å²) >= 11 is 0. The van der Waals surface area contributed by atoms with Gasteiger partial charge >= 0.3 is 0 Å². The molecule has 0 unspecified atom stereocenters. The molecule has 1 aromatic rings. The first-order valence-corrected chi connectivity index (χ1v) is 9.39. The van der Waals surface area contributed by atoms with E-state index in [1.807, 2.05) is 0 Å². The summed E-state index contributed by atoms with van der Waals surface area (Å²) in [6.45, 7) is 0. The molecular weight excluding hydrogens is 412 g/mol. The predicted molar refractivity (Wildman–Crippen MR) is 104 cm³/mol. The van der Waals surface area contributed by atoms with E-state index in [1.165, 1.54) is 44.6 Å². The van der Waals surface area contributed by atoms with E-state index in [4.69, 9.17) is 14.2 Å². The van der Waals surface area contributed by atoms with E-state index in [2.05, 4.69) is 10.6 Å². The highest BCUT2D eigenvalue weighted by Gasteiger charge is 2.65. The van der Waals surface area contributed by atoms with E-state index in [1.54, 1.807) is 0 Å². The lowest BCUT2D eigenvalue weighted by molar-refractivity contribution is -0.159. The number of phenols is 1. The summed E-state index contributed by atoms with van der Waals surface area (Å²) in [5, 5.41) is 46.1. The molecular formula is C20H22N2O9. The molecule has 1 aliphatic carbocycles. The van der Waals surface area contributed by atoms with Crippen molar-refractivity contribution in [3.05, 3.63) is 35.5 Å². The minimum atomic E-state index is -1.97. The van der Waals surface area contributed by atoms with E-state index in [9.17, 15) is 30.0 Å². The first-order valence-electron chi connectivity index (χ1n) is 9.39. The quantitative estimate of drug-likeness (QED) is 0.245. The number of aliphatic hydroxyl groups is 3. The minimum Gasteiger partial charge on any atom is -0.504 e. The van der Waals surface area contributed by atoms with Crippen LogP contribution < -0.4 is 20.1 Å². The number of hydrogen-bond donors (Lipinski definition) is 6. The monoisotopic (exact) mass is 434 g/mol. The van der Waals surface area contributed by atoms with Crippen molar-refractivity contribution >= 4 is 17.9 Å². The standard InChI is InChI=1S/C20H22N2O9/c1-29-12-5-3-9(14(24)15(12)30-2)7-10-17(26)22-20(18(27)21-10)8-19(28)13(31-20)6-4-11(23)16(19)25/h3-7,11,13,16,23-25,28H,8H2,1-2H3,(H,21,27)(H,22,26)/t11-,13-,16+,19+,20+/m1/s1. The van der Waals surface area contributed by atoms with Crippen LogP contribution >= 0.6 is 0 Å². The maximum absolute atomic E-state index is 12.9. The number of nitrogens with one attached hydrogen (secondary N) is 2. The number of fused-ring (bicyclic) bond motifs is 1. The Hall–Kier alpha value is -3.12. The van der Waals surface area contributed by atoms with Gasteiger partial charge in [0.25, 0.3) is 11.8 Å². The topological polar surface area (TPSA) is 167 Å². The third-order valence-corrected chi connectivity index (χ3v) is 5.70. The van der Waals surface area contributed by atoms with Gasteiger partial charge in [0.15, 0.2) is 11.5 Å². The van der Waals surface area contributed by atoms with Crippen LogP contribution in [0.2, 0.25) is 0 Å². The number of aromatic hydroxyl groups is 1. The summed E-state index contributed by atoms with van der Waals surface area (Å²) in [4.78, 5) is 25.6. The molecule has 2 amide bonds. The molecule has 1 aromatic carbocycles. The van der Waals surface area contributed by atoms with E-state index in [0.717, 1.165) is 0 Å². The maximum atomic E-state index is 12.9. The third-order valence-electron chi connectivity index (χ3n) is 5.70. The number of amides is 2. The molecule has 2 aliphatic heterocycles. The molecule has 0 aromatic heterocycles. The van der Waals surface area contributed by atoms with Gasteiger partial charge in [-0.1, -0.05) is 12.2 Å². The molecule has 1 spiro atoms. The van der Waals surface area contributed by atoms with Crippen molar-refractivity contribution in [2.75, 3.05) is 14.2 Å². The second kappa shape index (κ2) is 7.24. The maximum Gasteiger partial charge on any atom is 0.278 e. The van der Waals surface area contributed by atoms with Crippen LogP contribution in [-0.4, -0.2) is 76.1 Å². The van der Waals surface area contributed by atoms with Crippen LogP contribution in [0.4, 0.5) is 0 Å². The van der Waals surface area contributed by atoms with Crippen LogP contribution in [0, 0.1) is 0 Å². The molecule has 0 bridgehead atoms. The van der Waals surface area contributed by atoms with Gasteiger partial charge in [0.1, 0.15) is 29.6 Å². The van der Waals surface area contributed by atoms with Gasteiger partial charge < -0.3 is 45.3 Å². The first kappa shape index (κ1) is 21.1. The SMILES string of the molecule is COc1ccc(C=C2NC(=O)[C@@]3(C[C@]4(O)[C@@H](C=C[C@@H](O)[C@@H]4O)O3)NC2=O)c(O)c1OC. The van der Waals surface area contributed by atoms with Crippen molar-refractivity contribution in [2.24, 2.45) is 0 Å². The molecule has 166 valence electrons. The molecule has 11 nitrogen and oxygen atoms in total. The Morgan fingerprint density at radius 1 is 1.19 bits per heavy atom. The Balaban J connectivity index is 1.62. The number of rotatable bonds is 3. The number of ether oxygens (including phenoxy) is 3. The highest BCUT2D eigenvalue weighted by molar-refractivity contribution is 6.08. The van der Waals surface area contributed by atoms with Crippen LogP contribution in [0.1, 0.15) is 12.0 Å². The fourth-order valence-corrected chi connectivity index (χ4v) is 4.05. The summed E-state index contributed by atoms with van der Waals surface area (Å²) < 4.78 is 15.8. The van der Waals surface area contributed by atoms with Crippen LogP contribution in [-0.2, 0) is 14.3 Å². The number of benzene rings is 1. The van der Waals surface area contributed by atoms with Crippen molar-refractivity contribution < 1.29 is 44.2 Å². The molecule has 2 saturated heterocycles. The molecule has 2 fully saturated rings. The van der Waals surface area contributed by atoms with Crippen LogP contribution in [0.3, 0.4) is 0 Å². The molecule has 4 rings (SSSR count). The number of hydrogen-bond acceptors (Lipinski definition) is 9. The largest absolute Gasteiger partial charge is 0.504 e. The lowest BCUT2D eigenvalue weighted by atomic mass is 9.79. The second-order valence-corrected chi connectivity index (χ2v) is 7.56. The van der Waals surface area contributed by atoms with E-state index >= 15 is 0 Å². The first-order chi connectivity index (χ1) is 14.6. The van der Waals surface area contributed by atoms with Gasteiger partial charge in [0.2, 0.25) is 11.5 Å². The Bertz CT molecular complexity index is 1010. The fourth-order valence-electron chi connectivity index (χ4n) is 4.05. The number of aliphatic hydroxyl groups excluding tert-OH is 2. The number of piperazine rings is 1. The third kappa shape index (κ3) is 3.13. The van der Waals surface area contributed by atoms with E-state index < -0.39 is 47.9 Å². The molecule has 5 atom stereocenters. The minimum absolute atomic E-state index is 0.0561. The number of carbonyl (C=O) groups excluding carboxylic acids is 2. The number of phenolic OH excluding ortho intramolecular Hbond substituents is 1. The van der Waals surface area contributed by atoms with E-state index in [0.29, 0.717) is 0 Å². The molecule has 11 heteroatoms. The summed E-state index contributed by atoms with van der Waals surface area (Å²) in [5.74, 6) is -1.48. The van der Waals surface area contributed by atoms with Crippen LogP contribution in [0.15, 0.2) is 30.0 Å². The van der Waals surface area contributed by atoms with Gasteiger partial charge in [-0.3, -0.25) is 9.59 Å². The van der Waals surface area contributed by atoms with Gasteiger partial charge in [0, 0.05) is 12.0 Å². The fraction of sp³-hybridized carbons (Fsp3) is 0.400. The molecule has 6 N–H and O–H groups in total. The smallest absolute Gasteiger partial charge is 0.278 e. The Morgan fingerprint density at radius 2 is 1.94 bits per heavy atom. The zero-order valence-corrected chi connectivity index (χ0v) is 16.7. The van der Waals surface area contributed by atoms with Crippen molar-refractivity contribution in [1.29, 1.82) is 0 Å². The molecule has 31 heavy (non-hydrogen) atoms. The average Bonchev–Trinajstić information content (AvgIpc) is 3.04. The van der Waals surface area contributed by atoms with Gasteiger partial charge in [-0.2, -0.15) is 0 Å². The van der Waals surface area contributed by atoms with Crippen LogP contribution in [0.5, 0.6) is 17.2 Å². The lowest BCUT2D eigenvalue weighted by Gasteiger charge is -2.36. The Labute approximate surface area is 176 Å². The van der Waals surface area contributed by atoms with Crippen molar-refractivity contribution in [1.82, 2.24) is 10.6 Å². The summed E-state index contributed by atoms with van der Waals surface area (Å²) in [7, 11) is 2.75. The van der Waals surface area contributed by atoms with E-state index in [-0.39, 0.29) is 28.5 Å². The molecule has 3 aliphatic rings. The zero-order chi connectivity index (χ0) is 22.6. The Morgan fingerprint density at radius 3 is 2.61 bits per heavy atom. The second-order valence-electron chi connectivity index (χ2n) is 7.56. The lowest BCUT2D eigenvalue weighted by Crippen LogP contribution is -2.65. The highest BCUT2D eigenvalue weighted by Crippen LogP contribution is 2.44. The van der Waals surface area contributed by atoms with Crippen molar-refractivity contribution in [2.45, 2.75) is 36.1 Å². The number of methoxy groups -OCH3 is 2. The highest BCUT2D eigenvalue weighted by atomic mass is 16.6. The van der Waals surface area contributed by atoms with Gasteiger partial charge in [-0.15, -0.1) is 0 Å². The van der Waals surface area contributed by atoms with Crippen molar-refractivity contribution in [3.8, 4) is 17.2 Å². The van der Waals surface area contributed by atoms with Gasteiger partial charge in [-0.05, 0) is 18.2 Å². The van der Waals surface area contributed by atoms with Crippen molar-refractivity contribution in [3.63, 3.8) is 0 Å². The van der Waals surface area contributed by atoms with Crippen LogP contribution in [0.25, 0.3) is 6.08 Å². The van der Waals surface area contributed by atoms with Gasteiger partial charge in [-0.25, -0.2) is 0 Å². The van der Waals surface area contributed by atoms with Gasteiger partial charge in [0.05, 0.1) is 14.2 Å². The normalized spacial score (nSPS) is 35.6.